The molecule has 0 bridgehead atoms. The molecule has 0 amide bonds. The van der Waals surface area contributed by atoms with E-state index >= 15 is 0 Å². The molecule has 2 heterocycles. The number of rotatable bonds is 0. The van der Waals surface area contributed by atoms with Crippen molar-refractivity contribution in [3.8, 4) is 11.5 Å². The quantitative estimate of drug-likeness (QED) is 0.632. The van der Waals surface area contributed by atoms with Crippen LogP contribution in [0.1, 0.15) is 0 Å². The average molecular weight is 392 g/mol. The monoisotopic (exact) mass is 392 g/mol. The van der Waals surface area contributed by atoms with Crippen molar-refractivity contribution in [1.29, 1.82) is 0 Å². The number of hydrogen-bond acceptors (Lipinski definition) is 3. The summed E-state index contributed by atoms with van der Waals surface area (Å²) in [7, 11) is 0. The second-order valence-electron chi connectivity index (χ2n) is 1.88. The molecule has 0 saturated carbocycles. The van der Waals surface area contributed by atoms with Crippen molar-refractivity contribution < 1.29 is 9.47 Å². The van der Waals surface area contributed by atoms with E-state index in [-0.39, 0.29) is 0 Å². The summed E-state index contributed by atoms with van der Waals surface area (Å²) in [6, 6.07) is 0. The van der Waals surface area contributed by atoms with Crippen LogP contribution in [0.5, 0.6) is 11.5 Å². The Morgan fingerprint density at radius 1 is 1.09 bits per heavy atom. The smallest absolute Gasteiger partial charge is 0.283 e. The molecule has 5 heteroatoms. The summed E-state index contributed by atoms with van der Waals surface area (Å²) < 4.78 is 12.7. The molecule has 58 valence electrons. The van der Waals surface area contributed by atoms with Crippen LogP contribution in [-0.4, -0.2) is 0 Å². The highest BCUT2D eigenvalue weighted by molar-refractivity contribution is 14.1. The second kappa shape index (κ2) is 2.77. The zero-order valence-corrected chi connectivity index (χ0v) is 10.3. The first-order chi connectivity index (χ1) is 5.18. The fourth-order valence-corrected chi connectivity index (χ4v) is 4.68. The number of halogens is 2. The molecular formula is C6H2I2O2S. The Hall–Kier alpha value is 0.500. The lowest BCUT2D eigenvalue weighted by molar-refractivity contribution is 0.289. The van der Waals surface area contributed by atoms with E-state index in [1.165, 1.54) is 0 Å². The van der Waals surface area contributed by atoms with Crippen molar-refractivity contribution in [3.63, 3.8) is 0 Å². The molecule has 0 aliphatic carbocycles. The van der Waals surface area contributed by atoms with Crippen LogP contribution in [0.4, 0.5) is 0 Å². The predicted molar refractivity (Wildman–Crippen MR) is 60.1 cm³/mol. The van der Waals surface area contributed by atoms with Gasteiger partial charge >= 0.3 is 0 Å². The Morgan fingerprint density at radius 2 is 1.55 bits per heavy atom. The molecule has 2 rings (SSSR count). The Bertz CT molecular complexity index is 303. The van der Waals surface area contributed by atoms with Crippen molar-refractivity contribution in [2.45, 2.75) is 0 Å². The highest BCUT2D eigenvalue weighted by Gasteiger charge is 2.26. The topological polar surface area (TPSA) is 18.5 Å². The minimum Gasteiger partial charge on any atom is -0.420 e. The highest BCUT2D eigenvalue weighted by Crippen LogP contribution is 2.48. The summed E-state index contributed by atoms with van der Waals surface area (Å²) in [6.45, 7) is 3.58. The Morgan fingerprint density at radius 3 is 2.00 bits per heavy atom. The van der Waals surface area contributed by atoms with Gasteiger partial charge in [0.2, 0.25) is 0 Å². The van der Waals surface area contributed by atoms with Crippen molar-refractivity contribution >= 4 is 56.5 Å². The molecular weight excluding hydrogens is 390 g/mol. The van der Waals surface area contributed by atoms with E-state index in [0.717, 1.165) is 17.3 Å². The van der Waals surface area contributed by atoms with Crippen molar-refractivity contribution in [3.05, 3.63) is 18.3 Å². The molecule has 0 fully saturated rings. The molecule has 0 unspecified atom stereocenters. The van der Waals surface area contributed by atoms with E-state index in [1.807, 2.05) is 0 Å². The molecule has 1 aromatic rings. The highest BCUT2D eigenvalue weighted by atomic mass is 127. The molecule has 0 aromatic carbocycles. The van der Waals surface area contributed by atoms with E-state index in [0.29, 0.717) is 5.95 Å². The van der Waals surface area contributed by atoms with Crippen LogP contribution in [0.25, 0.3) is 0 Å². The maximum Gasteiger partial charge on any atom is 0.283 e. The van der Waals surface area contributed by atoms with Crippen molar-refractivity contribution in [2.24, 2.45) is 0 Å². The zero-order chi connectivity index (χ0) is 8.01. The lowest BCUT2D eigenvalue weighted by atomic mass is 10.6. The van der Waals surface area contributed by atoms with Crippen LogP contribution >= 0.6 is 56.5 Å². The maximum atomic E-state index is 5.24. The molecule has 2 nitrogen and oxygen atoms in total. The third-order valence-corrected chi connectivity index (χ3v) is 4.20. The van der Waals surface area contributed by atoms with E-state index in [2.05, 4.69) is 51.8 Å². The fraction of sp³-hybridized carbons (Fsp3) is 0. The molecule has 11 heavy (non-hydrogen) atoms. The SMILES string of the molecule is C=C1Oc2c(I)sc(I)c2O1. The van der Waals surface area contributed by atoms with Gasteiger partial charge in [-0.25, -0.2) is 0 Å². The van der Waals surface area contributed by atoms with Crippen LogP contribution in [0.2, 0.25) is 0 Å². The number of ether oxygens (including phenoxy) is 2. The summed E-state index contributed by atoms with van der Waals surface area (Å²) in [5, 5.41) is 0. The van der Waals surface area contributed by atoms with Gasteiger partial charge < -0.3 is 9.47 Å². The minimum atomic E-state index is 0.374. The summed E-state index contributed by atoms with van der Waals surface area (Å²) in [6.07, 6.45) is 0. The van der Waals surface area contributed by atoms with E-state index < -0.39 is 0 Å². The van der Waals surface area contributed by atoms with E-state index in [1.54, 1.807) is 11.3 Å². The van der Waals surface area contributed by atoms with Gasteiger partial charge in [-0.3, -0.25) is 0 Å². The first-order valence-electron chi connectivity index (χ1n) is 2.71. The van der Waals surface area contributed by atoms with E-state index in [9.17, 15) is 0 Å². The Labute approximate surface area is 94.9 Å². The zero-order valence-electron chi connectivity index (χ0n) is 5.19. The summed E-state index contributed by atoms with van der Waals surface area (Å²) >= 11 is 6.10. The third-order valence-electron chi connectivity index (χ3n) is 1.17. The summed E-state index contributed by atoms with van der Waals surface area (Å²) in [4.78, 5) is 0. The van der Waals surface area contributed by atoms with Crippen LogP contribution < -0.4 is 9.47 Å². The van der Waals surface area contributed by atoms with E-state index in [4.69, 9.17) is 9.47 Å². The number of hydrogen-bond donors (Lipinski definition) is 0. The van der Waals surface area contributed by atoms with Gasteiger partial charge in [-0.05, 0) is 51.8 Å². The van der Waals surface area contributed by atoms with Gasteiger partial charge in [0.05, 0.1) is 0 Å². The maximum absolute atomic E-state index is 5.24. The fourth-order valence-electron chi connectivity index (χ4n) is 0.771. The number of fused-ring (bicyclic) bond motifs is 1. The van der Waals surface area contributed by atoms with Crippen molar-refractivity contribution in [2.75, 3.05) is 0 Å². The van der Waals surface area contributed by atoms with Crippen LogP contribution in [0, 0.1) is 5.77 Å². The second-order valence-corrected chi connectivity index (χ2v) is 6.53. The molecule has 0 N–H and O–H groups in total. The minimum absolute atomic E-state index is 0.374. The van der Waals surface area contributed by atoms with Gasteiger partial charge in [0.25, 0.3) is 5.95 Å². The molecule has 0 saturated heterocycles. The van der Waals surface area contributed by atoms with Gasteiger partial charge in [-0.1, -0.05) is 0 Å². The predicted octanol–water partition coefficient (Wildman–Crippen LogP) is 3.20. The molecule has 1 aliphatic rings. The Kier molecular flexibility index (Phi) is 2.04. The lowest BCUT2D eigenvalue weighted by Gasteiger charge is -1.93. The largest absolute Gasteiger partial charge is 0.420 e. The molecule has 1 aromatic heterocycles. The average Bonchev–Trinajstić information content (AvgIpc) is 2.38. The van der Waals surface area contributed by atoms with Crippen molar-refractivity contribution in [1.82, 2.24) is 0 Å². The normalized spacial score (nSPS) is 14.2. The molecule has 0 spiro atoms. The first kappa shape index (κ1) is 8.11. The van der Waals surface area contributed by atoms with Gasteiger partial charge in [-0.15, -0.1) is 11.3 Å². The van der Waals surface area contributed by atoms with Gasteiger partial charge in [0, 0.05) is 0 Å². The van der Waals surface area contributed by atoms with Gasteiger partial charge in [0.15, 0.2) is 11.5 Å². The summed E-state index contributed by atoms with van der Waals surface area (Å²) in [5.41, 5.74) is 0. The lowest BCUT2D eigenvalue weighted by Crippen LogP contribution is -1.90. The third kappa shape index (κ3) is 1.26. The molecule has 0 atom stereocenters. The first-order valence-corrected chi connectivity index (χ1v) is 5.68. The van der Waals surface area contributed by atoms with Crippen LogP contribution in [0.3, 0.4) is 0 Å². The van der Waals surface area contributed by atoms with Crippen LogP contribution in [-0.2, 0) is 0 Å². The standard InChI is InChI=1S/C6H2I2O2S/c1-2-9-3-4(10-2)6(8)11-5(3)7/h1H2. The van der Waals surface area contributed by atoms with Gasteiger partial charge in [0.1, 0.15) is 5.77 Å². The number of thiophene rings is 1. The van der Waals surface area contributed by atoms with Gasteiger partial charge in [-0.2, -0.15) is 0 Å². The Balaban J connectivity index is 2.59. The van der Waals surface area contributed by atoms with Crippen LogP contribution in [0.15, 0.2) is 12.5 Å². The summed E-state index contributed by atoms with van der Waals surface area (Å²) in [5.74, 6) is 2.02. The molecule has 0 radical (unpaired) electrons. The molecule has 1 aliphatic heterocycles.